The first kappa shape index (κ1) is 21.8. The third kappa shape index (κ3) is 4.52. The molecule has 148 valence electrons. The molecule has 1 aliphatic heterocycles. The van der Waals surface area contributed by atoms with Crippen molar-refractivity contribution >= 4 is 39.7 Å². The summed E-state index contributed by atoms with van der Waals surface area (Å²) in [5.41, 5.74) is 2.17. The van der Waals surface area contributed by atoms with Crippen molar-refractivity contribution in [1.82, 2.24) is 9.62 Å². The fraction of sp³-hybridized carbons (Fsp3) is 0.389. The van der Waals surface area contributed by atoms with Gasteiger partial charge in [-0.2, -0.15) is 4.31 Å². The molecule has 0 radical (unpaired) electrons. The molecule has 2 aromatic rings. The highest BCUT2D eigenvalue weighted by Crippen LogP contribution is 2.31. The number of halogens is 1. The monoisotopic (exact) mass is 430 g/mol. The van der Waals surface area contributed by atoms with E-state index in [1.54, 1.807) is 0 Å². The molecule has 0 bridgehead atoms. The van der Waals surface area contributed by atoms with Crippen LogP contribution in [0, 0.1) is 0 Å². The van der Waals surface area contributed by atoms with Crippen molar-refractivity contribution in [2.45, 2.75) is 24.3 Å². The van der Waals surface area contributed by atoms with Crippen LogP contribution in [0.15, 0.2) is 40.6 Å². The minimum absolute atomic E-state index is 0. The van der Waals surface area contributed by atoms with Crippen molar-refractivity contribution in [3.05, 3.63) is 51.7 Å². The standard InChI is InChI=1S/C18H22N2O4S2.ClH/c1-3-13-4-6-14(7-5-13)16-11-19-8-9-20(16)26(22,23)15-10-17(25-12-15)18(21)24-2;/h4-7,10,12,16,19H,3,8-9,11H2,1-2H3;1H. The van der Waals surface area contributed by atoms with Gasteiger partial charge in [0.2, 0.25) is 10.0 Å². The summed E-state index contributed by atoms with van der Waals surface area (Å²) < 4.78 is 32.5. The normalized spacial score (nSPS) is 17.9. The van der Waals surface area contributed by atoms with Gasteiger partial charge in [-0.05, 0) is 23.6 Å². The molecule has 1 unspecified atom stereocenters. The topological polar surface area (TPSA) is 75.7 Å². The molecule has 6 nitrogen and oxygen atoms in total. The van der Waals surface area contributed by atoms with Crippen LogP contribution in [-0.4, -0.2) is 45.4 Å². The summed E-state index contributed by atoms with van der Waals surface area (Å²) in [6, 6.07) is 9.18. The number of rotatable bonds is 5. The van der Waals surface area contributed by atoms with Gasteiger partial charge in [0.05, 0.1) is 18.0 Å². The number of methoxy groups -OCH3 is 1. The summed E-state index contributed by atoms with van der Waals surface area (Å²) in [5, 5.41) is 4.77. The van der Waals surface area contributed by atoms with E-state index in [2.05, 4.69) is 17.0 Å². The highest BCUT2D eigenvalue weighted by molar-refractivity contribution is 7.89. The lowest BCUT2D eigenvalue weighted by Crippen LogP contribution is -2.48. The van der Waals surface area contributed by atoms with Gasteiger partial charge in [0.1, 0.15) is 4.88 Å². The first-order valence-electron chi connectivity index (χ1n) is 8.45. The number of benzene rings is 1. The van der Waals surface area contributed by atoms with E-state index in [1.807, 2.05) is 24.3 Å². The van der Waals surface area contributed by atoms with E-state index in [0.717, 1.165) is 23.3 Å². The van der Waals surface area contributed by atoms with Gasteiger partial charge in [-0.25, -0.2) is 13.2 Å². The quantitative estimate of drug-likeness (QED) is 0.738. The summed E-state index contributed by atoms with van der Waals surface area (Å²) in [5.74, 6) is -0.525. The number of esters is 1. The Bertz CT molecular complexity index is 881. The maximum absolute atomic E-state index is 13.2. The molecule has 0 spiro atoms. The maximum atomic E-state index is 13.2. The second-order valence-corrected chi connectivity index (χ2v) is 8.87. The Kier molecular flexibility index (Phi) is 7.41. The predicted molar refractivity (Wildman–Crippen MR) is 108 cm³/mol. The van der Waals surface area contributed by atoms with Crippen molar-refractivity contribution in [3.8, 4) is 0 Å². The van der Waals surface area contributed by atoms with Crippen LogP contribution in [0.2, 0.25) is 0 Å². The molecule has 1 saturated heterocycles. The van der Waals surface area contributed by atoms with Crippen LogP contribution >= 0.6 is 23.7 Å². The van der Waals surface area contributed by atoms with Crippen LogP contribution in [0.5, 0.6) is 0 Å². The summed E-state index contributed by atoms with van der Waals surface area (Å²) in [4.78, 5) is 12.1. The van der Waals surface area contributed by atoms with Crippen LogP contribution in [0.4, 0.5) is 0 Å². The fourth-order valence-corrected chi connectivity index (χ4v) is 5.82. The number of nitrogens with one attached hydrogen (secondary N) is 1. The lowest BCUT2D eigenvalue weighted by atomic mass is 10.0. The van der Waals surface area contributed by atoms with Crippen molar-refractivity contribution in [2.24, 2.45) is 0 Å². The highest BCUT2D eigenvalue weighted by atomic mass is 35.5. The largest absolute Gasteiger partial charge is 0.465 e. The first-order valence-corrected chi connectivity index (χ1v) is 10.8. The van der Waals surface area contributed by atoms with E-state index in [0.29, 0.717) is 19.6 Å². The zero-order valence-electron chi connectivity index (χ0n) is 15.2. The molecular formula is C18H23ClN2O4S2. The van der Waals surface area contributed by atoms with Crippen molar-refractivity contribution in [1.29, 1.82) is 0 Å². The number of nitrogens with zero attached hydrogens (tertiary/aromatic N) is 1. The molecule has 3 rings (SSSR count). The number of hydrogen-bond acceptors (Lipinski definition) is 6. The number of carbonyl (C=O) groups excluding carboxylic acids is 1. The van der Waals surface area contributed by atoms with Gasteiger partial charge < -0.3 is 10.1 Å². The van der Waals surface area contributed by atoms with Crippen molar-refractivity contribution in [3.63, 3.8) is 0 Å². The molecule has 1 atom stereocenters. The summed E-state index contributed by atoms with van der Waals surface area (Å²) in [7, 11) is -2.42. The van der Waals surface area contributed by atoms with Crippen LogP contribution in [0.25, 0.3) is 0 Å². The van der Waals surface area contributed by atoms with Gasteiger partial charge in [0.15, 0.2) is 0 Å². The number of hydrogen-bond donors (Lipinski definition) is 1. The molecular weight excluding hydrogens is 408 g/mol. The number of ether oxygens (including phenoxy) is 1. The zero-order chi connectivity index (χ0) is 18.7. The molecule has 2 heterocycles. The van der Waals surface area contributed by atoms with Gasteiger partial charge in [-0.15, -0.1) is 23.7 Å². The number of thiophene rings is 1. The Morgan fingerprint density at radius 3 is 2.67 bits per heavy atom. The van der Waals surface area contributed by atoms with Gasteiger partial charge in [0.25, 0.3) is 0 Å². The van der Waals surface area contributed by atoms with E-state index < -0.39 is 16.0 Å². The lowest BCUT2D eigenvalue weighted by Gasteiger charge is -2.35. The van der Waals surface area contributed by atoms with Crippen LogP contribution in [0.3, 0.4) is 0 Å². The molecule has 0 saturated carbocycles. The van der Waals surface area contributed by atoms with E-state index in [9.17, 15) is 13.2 Å². The first-order chi connectivity index (χ1) is 12.5. The minimum atomic E-state index is -3.70. The smallest absolute Gasteiger partial charge is 0.348 e. The van der Waals surface area contributed by atoms with Crippen molar-refractivity contribution in [2.75, 3.05) is 26.7 Å². The Hall–Kier alpha value is -1.45. The summed E-state index contributed by atoms with van der Waals surface area (Å²) in [6.45, 7) is 3.62. The van der Waals surface area contributed by atoms with Crippen molar-refractivity contribution < 1.29 is 17.9 Å². The Balaban J connectivity index is 0.00000261. The SMILES string of the molecule is CCc1ccc(C2CNCCN2S(=O)(=O)c2csc(C(=O)OC)c2)cc1.Cl. The third-order valence-corrected chi connectivity index (χ3v) is 7.48. The van der Waals surface area contributed by atoms with Gasteiger partial charge in [-0.1, -0.05) is 31.2 Å². The highest BCUT2D eigenvalue weighted by Gasteiger charge is 2.35. The summed E-state index contributed by atoms with van der Waals surface area (Å²) in [6.07, 6.45) is 0.941. The summed E-state index contributed by atoms with van der Waals surface area (Å²) >= 11 is 1.08. The molecule has 1 N–H and O–H groups in total. The third-order valence-electron chi connectivity index (χ3n) is 4.54. The molecule has 1 aliphatic rings. The molecule has 1 aromatic heterocycles. The molecule has 1 fully saturated rings. The zero-order valence-corrected chi connectivity index (χ0v) is 17.6. The Morgan fingerprint density at radius 1 is 1.33 bits per heavy atom. The van der Waals surface area contributed by atoms with Gasteiger partial charge in [-0.3, -0.25) is 0 Å². The number of piperazine rings is 1. The molecule has 0 amide bonds. The second kappa shape index (κ2) is 9.16. The van der Waals surface area contributed by atoms with Crippen LogP contribution in [-0.2, 0) is 21.2 Å². The average Bonchev–Trinajstić information content (AvgIpc) is 3.18. The molecule has 0 aliphatic carbocycles. The lowest BCUT2D eigenvalue weighted by molar-refractivity contribution is 0.0606. The predicted octanol–water partition coefficient (Wildman–Crippen LogP) is 2.85. The maximum Gasteiger partial charge on any atom is 0.348 e. The van der Waals surface area contributed by atoms with E-state index >= 15 is 0 Å². The average molecular weight is 431 g/mol. The Morgan fingerprint density at radius 2 is 2.04 bits per heavy atom. The second-order valence-electron chi connectivity index (χ2n) is 6.07. The van der Waals surface area contributed by atoms with Crippen LogP contribution < -0.4 is 5.32 Å². The Labute approximate surface area is 170 Å². The van der Waals surface area contributed by atoms with E-state index in [-0.39, 0.29) is 28.2 Å². The van der Waals surface area contributed by atoms with Crippen LogP contribution in [0.1, 0.15) is 33.8 Å². The minimum Gasteiger partial charge on any atom is -0.465 e. The number of carbonyl (C=O) groups is 1. The van der Waals surface area contributed by atoms with Gasteiger partial charge in [0, 0.05) is 25.0 Å². The van der Waals surface area contributed by atoms with E-state index in [1.165, 1.54) is 28.4 Å². The molecule has 27 heavy (non-hydrogen) atoms. The van der Waals surface area contributed by atoms with E-state index in [4.69, 9.17) is 0 Å². The molecule has 9 heteroatoms. The fourth-order valence-electron chi connectivity index (χ4n) is 3.03. The number of sulfonamides is 1. The van der Waals surface area contributed by atoms with Gasteiger partial charge >= 0.3 is 5.97 Å². The molecule has 1 aromatic carbocycles. The number of aryl methyl sites for hydroxylation is 1.